The molecule has 2 aromatic rings. The van der Waals surface area contributed by atoms with Gasteiger partial charge in [-0.15, -0.1) is 0 Å². The molecule has 0 bridgehead atoms. The standard InChI is InChI=1S/C17H18N2O3/c1-12-8-13-9-16(21-2)14(10-15(13)22-12)18-17(20)11-19-6-4-3-5-7-19/h3-7,9-10,12H,8,11H2,1-2H3/p+1/t12-/m1/s1. The first-order valence-corrected chi connectivity index (χ1v) is 7.27. The molecule has 1 aliphatic heterocycles. The predicted molar refractivity (Wildman–Crippen MR) is 82.1 cm³/mol. The second kappa shape index (κ2) is 6.05. The minimum atomic E-state index is -0.111. The van der Waals surface area contributed by atoms with E-state index in [0.717, 1.165) is 17.7 Å². The van der Waals surface area contributed by atoms with E-state index in [2.05, 4.69) is 5.32 Å². The van der Waals surface area contributed by atoms with Crippen LogP contribution in [0.5, 0.6) is 11.5 Å². The van der Waals surface area contributed by atoms with Crippen molar-refractivity contribution in [2.75, 3.05) is 12.4 Å². The summed E-state index contributed by atoms with van der Waals surface area (Å²) in [7, 11) is 1.60. The number of nitrogens with zero attached hydrogens (tertiary/aromatic N) is 1. The molecule has 0 radical (unpaired) electrons. The van der Waals surface area contributed by atoms with Crippen LogP contribution < -0.4 is 19.4 Å². The highest BCUT2D eigenvalue weighted by atomic mass is 16.5. The molecule has 1 aromatic heterocycles. The Balaban J connectivity index is 1.77. The summed E-state index contributed by atoms with van der Waals surface area (Å²) in [6.07, 6.45) is 4.72. The van der Waals surface area contributed by atoms with Crippen molar-refractivity contribution in [1.29, 1.82) is 0 Å². The SMILES string of the molecule is COc1cc2c(cc1NC(=O)C[n+]1ccccc1)O[C@H](C)C2. The molecular formula is C17H19N2O3+. The Labute approximate surface area is 129 Å². The van der Waals surface area contributed by atoms with Crippen LogP contribution in [0.1, 0.15) is 12.5 Å². The molecule has 114 valence electrons. The second-order valence-corrected chi connectivity index (χ2v) is 5.39. The van der Waals surface area contributed by atoms with Gasteiger partial charge in [-0.1, -0.05) is 6.07 Å². The number of fused-ring (bicyclic) bond motifs is 1. The summed E-state index contributed by atoms with van der Waals surface area (Å²) in [5, 5.41) is 2.89. The predicted octanol–water partition coefficient (Wildman–Crippen LogP) is 1.94. The number of ether oxygens (including phenoxy) is 2. The third-order valence-corrected chi connectivity index (χ3v) is 3.60. The number of nitrogens with one attached hydrogen (secondary N) is 1. The molecule has 1 aromatic carbocycles. The fourth-order valence-electron chi connectivity index (χ4n) is 2.60. The Bertz CT molecular complexity index is 686. The largest absolute Gasteiger partial charge is 0.495 e. The second-order valence-electron chi connectivity index (χ2n) is 5.39. The van der Waals surface area contributed by atoms with Crippen LogP contribution in [-0.4, -0.2) is 19.1 Å². The van der Waals surface area contributed by atoms with E-state index < -0.39 is 0 Å². The number of aromatic nitrogens is 1. The molecule has 3 rings (SSSR count). The number of carbonyl (C=O) groups excluding carboxylic acids is 1. The van der Waals surface area contributed by atoms with Crippen LogP contribution in [0, 0.1) is 0 Å². The van der Waals surface area contributed by atoms with Crippen LogP contribution >= 0.6 is 0 Å². The van der Waals surface area contributed by atoms with Crippen LogP contribution in [0.2, 0.25) is 0 Å². The molecule has 1 atom stereocenters. The number of carbonyl (C=O) groups is 1. The van der Waals surface area contributed by atoms with E-state index >= 15 is 0 Å². The van der Waals surface area contributed by atoms with Crippen molar-refractivity contribution in [1.82, 2.24) is 0 Å². The zero-order valence-corrected chi connectivity index (χ0v) is 12.7. The average Bonchev–Trinajstić information content (AvgIpc) is 2.86. The first-order valence-electron chi connectivity index (χ1n) is 7.27. The zero-order chi connectivity index (χ0) is 15.5. The molecule has 0 aliphatic carbocycles. The van der Waals surface area contributed by atoms with E-state index in [-0.39, 0.29) is 18.6 Å². The number of pyridine rings is 1. The van der Waals surface area contributed by atoms with Crippen molar-refractivity contribution >= 4 is 11.6 Å². The molecule has 0 saturated carbocycles. The number of anilines is 1. The van der Waals surface area contributed by atoms with E-state index in [1.807, 2.05) is 54.2 Å². The molecule has 0 saturated heterocycles. The van der Waals surface area contributed by atoms with Crippen LogP contribution in [0.15, 0.2) is 42.7 Å². The highest BCUT2D eigenvalue weighted by Gasteiger charge is 2.22. The molecule has 2 heterocycles. The molecule has 22 heavy (non-hydrogen) atoms. The quantitative estimate of drug-likeness (QED) is 0.878. The number of hydrogen-bond acceptors (Lipinski definition) is 3. The van der Waals surface area contributed by atoms with Crippen LogP contribution in [0.3, 0.4) is 0 Å². The maximum absolute atomic E-state index is 12.2. The van der Waals surface area contributed by atoms with Gasteiger partial charge < -0.3 is 14.8 Å². The van der Waals surface area contributed by atoms with E-state index in [0.29, 0.717) is 11.4 Å². The molecule has 0 fully saturated rings. The minimum Gasteiger partial charge on any atom is -0.495 e. The lowest BCUT2D eigenvalue weighted by molar-refractivity contribution is -0.684. The highest BCUT2D eigenvalue weighted by Crippen LogP contribution is 2.37. The van der Waals surface area contributed by atoms with Crippen molar-refractivity contribution in [2.24, 2.45) is 0 Å². The van der Waals surface area contributed by atoms with Gasteiger partial charge in [0, 0.05) is 30.2 Å². The molecule has 1 amide bonds. The van der Waals surface area contributed by atoms with Crippen LogP contribution in [-0.2, 0) is 17.8 Å². The summed E-state index contributed by atoms with van der Waals surface area (Å²) in [6, 6.07) is 9.46. The smallest absolute Gasteiger partial charge is 0.290 e. The molecule has 5 heteroatoms. The zero-order valence-electron chi connectivity index (χ0n) is 12.7. The van der Waals surface area contributed by atoms with E-state index in [1.54, 1.807) is 7.11 Å². The van der Waals surface area contributed by atoms with Gasteiger partial charge in [-0.05, 0) is 13.0 Å². The molecule has 1 aliphatic rings. The van der Waals surface area contributed by atoms with Crippen LogP contribution in [0.4, 0.5) is 5.69 Å². The topological polar surface area (TPSA) is 51.4 Å². The van der Waals surface area contributed by atoms with Gasteiger partial charge in [0.1, 0.15) is 17.6 Å². The molecular weight excluding hydrogens is 280 g/mol. The maximum atomic E-state index is 12.2. The normalized spacial score (nSPS) is 15.8. The Morgan fingerprint density at radius 2 is 2.14 bits per heavy atom. The van der Waals surface area contributed by atoms with Gasteiger partial charge in [-0.3, -0.25) is 4.79 Å². The third kappa shape index (κ3) is 3.03. The number of methoxy groups -OCH3 is 1. The van der Waals surface area contributed by atoms with Gasteiger partial charge in [0.25, 0.3) is 5.91 Å². The van der Waals surface area contributed by atoms with Gasteiger partial charge in [0.15, 0.2) is 12.4 Å². The lowest BCUT2D eigenvalue weighted by atomic mass is 10.1. The summed E-state index contributed by atoms with van der Waals surface area (Å²) in [5.74, 6) is 1.36. The van der Waals surface area contributed by atoms with Gasteiger partial charge in [0.2, 0.25) is 6.54 Å². The Hall–Kier alpha value is -2.56. The van der Waals surface area contributed by atoms with E-state index in [1.165, 1.54) is 0 Å². The van der Waals surface area contributed by atoms with Gasteiger partial charge in [0.05, 0.1) is 12.8 Å². The Morgan fingerprint density at radius 3 is 2.86 bits per heavy atom. The fourth-order valence-corrected chi connectivity index (χ4v) is 2.60. The summed E-state index contributed by atoms with van der Waals surface area (Å²) >= 11 is 0. The molecule has 5 nitrogen and oxygen atoms in total. The first kappa shape index (κ1) is 14.4. The van der Waals surface area contributed by atoms with Crippen molar-refractivity contribution < 1.29 is 18.8 Å². The summed E-state index contributed by atoms with van der Waals surface area (Å²) in [6.45, 7) is 2.27. The maximum Gasteiger partial charge on any atom is 0.290 e. The molecule has 0 spiro atoms. The Morgan fingerprint density at radius 1 is 1.36 bits per heavy atom. The summed E-state index contributed by atoms with van der Waals surface area (Å²) in [5.41, 5.74) is 1.75. The number of hydrogen-bond donors (Lipinski definition) is 1. The number of rotatable bonds is 4. The summed E-state index contributed by atoms with van der Waals surface area (Å²) < 4.78 is 12.9. The number of amides is 1. The fraction of sp³-hybridized carbons (Fsp3) is 0.294. The lowest BCUT2D eigenvalue weighted by Gasteiger charge is -2.11. The van der Waals surface area contributed by atoms with Gasteiger partial charge in [-0.2, -0.15) is 4.57 Å². The average molecular weight is 299 g/mol. The van der Waals surface area contributed by atoms with E-state index in [9.17, 15) is 4.79 Å². The van der Waals surface area contributed by atoms with Gasteiger partial charge >= 0.3 is 0 Å². The van der Waals surface area contributed by atoms with E-state index in [4.69, 9.17) is 9.47 Å². The molecule has 0 unspecified atom stereocenters. The third-order valence-electron chi connectivity index (χ3n) is 3.60. The van der Waals surface area contributed by atoms with Crippen molar-refractivity contribution in [3.05, 3.63) is 48.3 Å². The van der Waals surface area contributed by atoms with Crippen LogP contribution in [0.25, 0.3) is 0 Å². The van der Waals surface area contributed by atoms with Gasteiger partial charge in [-0.25, -0.2) is 0 Å². The van der Waals surface area contributed by atoms with Crippen molar-refractivity contribution in [3.8, 4) is 11.5 Å². The Kier molecular flexibility index (Phi) is 3.96. The minimum absolute atomic E-state index is 0.111. The first-order chi connectivity index (χ1) is 10.7. The number of benzene rings is 1. The van der Waals surface area contributed by atoms with Crippen molar-refractivity contribution in [2.45, 2.75) is 26.0 Å². The summed E-state index contributed by atoms with van der Waals surface area (Å²) in [4.78, 5) is 12.2. The highest BCUT2D eigenvalue weighted by molar-refractivity contribution is 5.91. The monoisotopic (exact) mass is 299 g/mol. The van der Waals surface area contributed by atoms with Crippen molar-refractivity contribution in [3.63, 3.8) is 0 Å². The molecule has 1 N–H and O–H groups in total. The lowest BCUT2D eigenvalue weighted by Crippen LogP contribution is -2.39.